The Hall–Kier alpha value is -0.670. The average Bonchev–Trinajstić information content (AvgIpc) is 3.33. The van der Waals surface area contributed by atoms with E-state index < -0.39 is 0 Å². The minimum absolute atomic E-state index is 0.170. The van der Waals surface area contributed by atoms with Gasteiger partial charge in [0.05, 0.1) is 11.5 Å². The number of hydrazine groups is 1. The number of hydrogen-bond acceptors (Lipinski definition) is 5. The Morgan fingerprint density at radius 3 is 2.26 bits per heavy atom. The first kappa shape index (κ1) is 23.7. The lowest BCUT2D eigenvalue weighted by molar-refractivity contribution is 0.0344. The number of nitriles is 1. The largest absolute Gasteiger partial charge is 0.313 e. The molecule has 5 heteroatoms. The zero-order valence-corrected chi connectivity index (χ0v) is 21.7. The van der Waals surface area contributed by atoms with Crippen molar-refractivity contribution in [2.24, 2.45) is 46.8 Å². The summed E-state index contributed by atoms with van der Waals surface area (Å²) in [6, 6.07) is 5.36. The van der Waals surface area contributed by atoms with E-state index in [2.05, 4.69) is 41.4 Å². The molecule has 3 aliphatic carbocycles. The molecule has 0 spiro atoms. The van der Waals surface area contributed by atoms with Crippen molar-refractivity contribution in [3.8, 4) is 6.07 Å². The van der Waals surface area contributed by atoms with Crippen LogP contribution in [0.15, 0.2) is 0 Å². The maximum absolute atomic E-state index is 9.62. The SMILES string of the molecule is CC(C)(C#N)C1CCC(C2NNC3CNC4CCC(C5CNC6CCCCC6C5)CC4C32)CC1. The zero-order valence-electron chi connectivity index (χ0n) is 21.7. The molecular weight excluding hydrogens is 418 g/mol. The maximum atomic E-state index is 9.62. The fourth-order valence-corrected chi connectivity index (χ4v) is 9.64. The molecule has 0 radical (unpaired) electrons. The smallest absolute Gasteiger partial charge is 0.0686 e. The molecule has 0 aromatic heterocycles. The van der Waals surface area contributed by atoms with Crippen LogP contribution >= 0.6 is 0 Å². The third kappa shape index (κ3) is 4.36. The number of fused-ring (bicyclic) bond motifs is 4. The van der Waals surface area contributed by atoms with E-state index in [0.29, 0.717) is 18.0 Å². The predicted molar refractivity (Wildman–Crippen MR) is 137 cm³/mol. The van der Waals surface area contributed by atoms with E-state index in [-0.39, 0.29) is 5.41 Å². The first-order valence-electron chi connectivity index (χ1n) is 14.9. The Morgan fingerprint density at radius 1 is 0.676 bits per heavy atom. The summed E-state index contributed by atoms with van der Waals surface area (Å²) in [6.45, 7) is 6.71. The van der Waals surface area contributed by atoms with Gasteiger partial charge in [0.2, 0.25) is 0 Å². The highest BCUT2D eigenvalue weighted by Gasteiger charge is 2.52. The Bertz CT molecular complexity index is 752. The minimum atomic E-state index is -0.170. The van der Waals surface area contributed by atoms with Crippen LogP contribution in [0.2, 0.25) is 0 Å². The van der Waals surface area contributed by atoms with E-state index in [1.54, 1.807) is 0 Å². The van der Waals surface area contributed by atoms with Gasteiger partial charge in [-0.05, 0) is 126 Å². The summed E-state index contributed by atoms with van der Waals surface area (Å²) >= 11 is 0. The summed E-state index contributed by atoms with van der Waals surface area (Å²) in [5.41, 5.74) is 7.41. The van der Waals surface area contributed by atoms with Crippen LogP contribution in [0.1, 0.15) is 90.9 Å². The minimum Gasteiger partial charge on any atom is -0.313 e. The van der Waals surface area contributed by atoms with E-state index in [4.69, 9.17) is 0 Å². The van der Waals surface area contributed by atoms with Gasteiger partial charge < -0.3 is 10.6 Å². The van der Waals surface area contributed by atoms with Crippen LogP contribution < -0.4 is 21.5 Å². The third-order valence-corrected chi connectivity index (χ3v) is 11.8. The zero-order chi connectivity index (χ0) is 23.3. The molecule has 9 atom stereocenters. The summed E-state index contributed by atoms with van der Waals surface area (Å²) in [4.78, 5) is 0. The van der Waals surface area contributed by atoms with Crippen LogP contribution in [0, 0.1) is 58.2 Å². The lowest BCUT2D eigenvalue weighted by atomic mass is 9.59. The molecule has 4 N–H and O–H groups in total. The highest BCUT2D eigenvalue weighted by molar-refractivity contribution is 5.08. The van der Waals surface area contributed by atoms with Crippen molar-refractivity contribution in [1.82, 2.24) is 21.5 Å². The normalized spacial score (nSPS) is 49.4. The van der Waals surface area contributed by atoms with Crippen molar-refractivity contribution in [3.05, 3.63) is 0 Å². The molecule has 6 aliphatic rings. The van der Waals surface area contributed by atoms with E-state index in [0.717, 1.165) is 54.1 Å². The molecule has 3 saturated carbocycles. The molecule has 0 bridgehead atoms. The van der Waals surface area contributed by atoms with Crippen molar-refractivity contribution in [2.75, 3.05) is 13.1 Å². The number of piperidine rings is 2. The molecule has 5 nitrogen and oxygen atoms in total. The van der Waals surface area contributed by atoms with Crippen LogP contribution in [0.25, 0.3) is 0 Å². The molecular formula is C29H49N5. The Labute approximate surface area is 207 Å². The predicted octanol–water partition coefficient (Wildman–Crippen LogP) is 4.36. The molecule has 3 saturated heterocycles. The maximum Gasteiger partial charge on any atom is 0.0686 e. The summed E-state index contributed by atoms with van der Waals surface area (Å²) in [5, 5.41) is 17.6. The molecule has 3 aliphatic heterocycles. The van der Waals surface area contributed by atoms with E-state index in [1.165, 1.54) is 83.6 Å². The van der Waals surface area contributed by atoms with Gasteiger partial charge in [-0.1, -0.05) is 12.8 Å². The van der Waals surface area contributed by atoms with Gasteiger partial charge in [0.25, 0.3) is 0 Å². The lowest BCUT2D eigenvalue weighted by Gasteiger charge is -2.51. The Balaban J connectivity index is 1.12. The third-order valence-electron chi connectivity index (χ3n) is 11.8. The molecule has 190 valence electrons. The van der Waals surface area contributed by atoms with Crippen LogP contribution in [0.3, 0.4) is 0 Å². The van der Waals surface area contributed by atoms with Crippen molar-refractivity contribution < 1.29 is 0 Å². The fourth-order valence-electron chi connectivity index (χ4n) is 9.64. The van der Waals surface area contributed by atoms with E-state index in [1.807, 2.05) is 0 Å². The highest BCUT2D eigenvalue weighted by atomic mass is 15.4. The van der Waals surface area contributed by atoms with Crippen LogP contribution in [0.5, 0.6) is 0 Å². The summed E-state index contributed by atoms with van der Waals surface area (Å²) in [5.74, 6) is 5.72. The van der Waals surface area contributed by atoms with Crippen molar-refractivity contribution >= 4 is 0 Å². The van der Waals surface area contributed by atoms with Gasteiger partial charge in [-0.15, -0.1) is 0 Å². The van der Waals surface area contributed by atoms with Crippen LogP contribution in [-0.4, -0.2) is 37.3 Å². The van der Waals surface area contributed by atoms with Gasteiger partial charge >= 0.3 is 0 Å². The van der Waals surface area contributed by atoms with E-state index in [9.17, 15) is 5.26 Å². The topological polar surface area (TPSA) is 71.9 Å². The van der Waals surface area contributed by atoms with Crippen molar-refractivity contribution in [2.45, 2.75) is 115 Å². The van der Waals surface area contributed by atoms with Gasteiger partial charge in [0.15, 0.2) is 0 Å². The molecule has 6 fully saturated rings. The summed E-state index contributed by atoms with van der Waals surface area (Å²) < 4.78 is 0. The van der Waals surface area contributed by atoms with E-state index >= 15 is 0 Å². The molecule has 34 heavy (non-hydrogen) atoms. The van der Waals surface area contributed by atoms with Gasteiger partial charge in [-0.2, -0.15) is 5.26 Å². The standard InChI is InChI=1S/C29H49N5/c1-29(2,17-30)22-10-7-18(8-11-22)28-27-23-14-19(9-12-25(23)32-16-26(27)33-34-28)21-13-20-5-3-4-6-24(20)31-15-21/h18-28,31-34H,3-16H2,1-2H3. The van der Waals surface area contributed by atoms with Gasteiger partial charge in [0, 0.05) is 30.7 Å². The first-order valence-corrected chi connectivity index (χ1v) is 14.9. The number of hydrogen-bond donors (Lipinski definition) is 4. The second kappa shape index (κ2) is 9.66. The number of nitrogens with one attached hydrogen (secondary N) is 4. The second-order valence-electron chi connectivity index (χ2n) is 13.8. The molecule has 9 unspecified atom stereocenters. The molecule has 6 rings (SSSR count). The second-order valence-corrected chi connectivity index (χ2v) is 13.8. The van der Waals surface area contributed by atoms with Crippen LogP contribution in [0.4, 0.5) is 0 Å². The molecule has 0 amide bonds. The van der Waals surface area contributed by atoms with Gasteiger partial charge in [-0.25, -0.2) is 0 Å². The van der Waals surface area contributed by atoms with Crippen molar-refractivity contribution in [3.63, 3.8) is 0 Å². The monoisotopic (exact) mass is 467 g/mol. The highest BCUT2D eigenvalue weighted by Crippen LogP contribution is 2.49. The van der Waals surface area contributed by atoms with Gasteiger partial charge in [-0.3, -0.25) is 10.9 Å². The average molecular weight is 468 g/mol. The molecule has 0 aromatic carbocycles. The Morgan fingerprint density at radius 2 is 1.44 bits per heavy atom. The van der Waals surface area contributed by atoms with Crippen LogP contribution in [-0.2, 0) is 0 Å². The lowest BCUT2D eigenvalue weighted by Crippen LogP contribution is -2.59. The molecule has 0 aromatic rings. The fraction of sp³-hybridized carbons (Fsp3) is 0.966. The number of rotatable bonds is 3. The van der Waals surface area contributed by atoms with Crippen molar-refractivity contribution in [1.29, 1.82) is 5.26 Å². The number of nitrogens with zero attached hydrogens (tertiary/aromatic N) is 1. The van der Waals surface area contributed by atoms with Gasteiger partial charge in [0.1, 0.15) is 0 Å². The summed E-state index contributed by atoms with van der Waals surface area (Å²) in [6.07, 6.45) is 16.6. The first-order chi connectivity index (χ1) is 16.5. The Kier molecular flexibility index (Phi) is 6.73. The quantitative estimate of drug-likeness (QED) is 0.496. The molecule has 3 heterocycles. The summed E-state index contributed by atoms with van der Waals surface area (Å²) in [7, 11) is 0.